The van der Waals surface area contributed by atoms with Gasteiger partial charge in [0, 0.05) is 12.1 Å². The molecule has 0 bridgehead atoms. The van der Waals surface area contributed by atoms with E-state index in [0.29, 0.717) is 11.3 Å². The summed E-state index contributed by atoms with van der Waals surface area (Å²) in [4.78, 5) is 3.51. The molecule has 0 fully saturated rings. The molecule has 0 saturated carbocycles. The van der Waals surface area contributed by atoms with E-state index in [1.165, 1.54) is 6.07 Å². The molecule has 20 heavy (non-hydrogen) atoms. The van der Waals surface area contributed by atoms with E-state index < -0.39 is 11.9 Å². The second-order valence-corrected chi connectivity index (χ2v) is 4.28. The lowest BCUT2D eigenvalue weighted by Gasteiger charge is -2.12. The zero-order valence-corrected chi connectivity index (χ0v) is 10.7. The number of ether oxygens (including phenoxy) is 1. The highest BCUT2D eigenvalue weighted by Crippen LogP contribution is 2.31. The molecule has 0 radical (unpaired) electrons. The Hall–Kier alpha value is -2.08. The Labute approximate surface area is 114 Å². The maximum atomic E-state index is 12.6. The minimum Gasteiger partial charge on any atom is -0.439 e. The van der Waals surface area contributed by atoms with Crippen molar-refractivity contribution in [3.05, 3.63) is 53.2 Å². The van der Waals surface area contributed by atoms with Crippen molar-refractivity contribution in [1.29, 1.82) is 0 Å². The Balaban J connectivity index is 2.35. The van der Waals surface area contributed by atoms with Gasteiger partial charge in [-0.3, -0.25) is 0 Å². The lowest BCUT2D eigenvalue weighted by molar-refractivity contribution is -0.141. The van der Waals surface area contributed by atoms with Crippen LogP contribution >= 0.6 is 0 Å². The Morgan fingerprint density at radius 3 is 2.30 bits per heavy atom. The van der Waals surface area contributed by atoms with E-state index in [2.05, 4.69) is 4.98 Å². The van der Waals surface area contributed by atoms with Gasteiger partial charge < -0.3 is 10.5 Å². The van der Waals surface area contributed by atoms with Crippen molar-refractivity contribution in [2.75, 3.05) is 0 Å². The van der Waals surface area contributed by atoms with E-state index in [-0.39, 0.29) is 12.4 Å². The van der Waals surface area contributed by atoms with Crippen LogP contribution in [0.3, 0.4) is 0 Å². The Morgan fingerprint density at radius 2 is 1.75 bits per heavy atom. The molecule has 2 N–H and O–H groups in total. The third-order valence-electron chi connectivity index (χ3n) is 2.68. The summed E-state index contributed by atoms with van der Waals surface area (Å²) in [6.45, 7) is 1.95. The van der Waals surface area contributed by atoms with Crippen LogP contribution in [0.25, 0.3) is 0 Å². The van der Waals surface area contributed by atoms with Gasteiger partial charge in [-0.05, 0) is 25.1 Å². The molecule has 2 aromatic rings. The summed E-state index contributed by atoms with van der Waals surface area (Å²) in [5, 5.41) is 0. The second-order valence-electron chi connectivity index (χ2n) is 4.28. The number of benzene rings is 1. The standard InChI is InChI=1S/C14H13F3N2O/c1-9-2-5-11(6-3-9)20-13-10(8-18)4-7-12(19-13)14(15,16)17/h2-7H,8,18H2,1H3. The van der Waals surface area contributed by atoms with E-state index in [9.17, 15) is 13.2 Å². The molecule has 3 nitrogen and oxygen atoms in total. The summed E-state index contributed by atoms with van der Waals surface area (Å²) in [5.74, 6) is 0.295. The quantitative estimate of drug-likeness (QED) is 0.934. The minimum atomic E-state index is -4.52. The SMILES string of the molecule is Cc1ccc(Oc2nc(C(F)(F)F)ccc2CN)cc1. The molecule has 1 heterocycles. The van der Waals surface area contributed by atoms with Crippen molar-refractivity contribution < 1.29 is 17.9 Å². The minimum absolute atomic E-state index is 0.0479. The summed E-state index contributed by atoms with van der Waals surface area (Å²) in [7, 11) is 0. The zero-order chi connectivity index (χ0) is 14.8. The van der Waals surface area contributed by atoms with Gasteiger partial charge in [-0.2, -0.15) is 13.2 Å². The molecule has 0 atom stereocenters. The van der Waals surface area contributed by atoms with E-state index in [4.69, 9.17) is 10.5 Å². The first-order chi connectivity index (χ1) is 9.40. The molecule has 2 rings (SSSR count). The van der Waals surface area contributed by atoms with E-state index >= 15 is 0 Å². The van der Waals surface area contributed by atoms with Gasteiger partial charge in [0.2, 0.25) is 5.88 Å². The van der Waals surface area contributed by atoms with E-state index in [0.717, 1.165) is 11.6 Å². The third kappa shape index (κ3) is 3.27. The van der Waals surface area contributed by atoms with Crippen LogP contribution in [0, 0.1) is 6.92 Å². The van der Waals surface area contributed by atoms with Crippen molar-refractivity contribution in [2.24, 2.45) is 5.73 Å². The Bertz CT molecular complexity index is 594. The fraction of sp³-hybridized carbons (Fsp3) is 0.214. The van der Waals surface area contributed by atoms with Crippen LogP contribution in [0.4, 0.5) is 13.2 Å². The van der Waals surface area contributed by atoms with Crippen LogP contribution in [0.5, 0.6) is 11.6 Å². The Morgan fingerprint density at radius 1 is 1.10 bits per heavy atom. The molecule has 1 aromatic heterocycles. The fourth-order valence-electron chi connectivity index (χ4n) is 1.59. The van der Waals surface area contributed by atoms with Crippen LogP contribution in [-0.4, -0.2) is 4.98 Å². The lowest BCUT2D eigenvalue weighted by Crippen LogP contribution is -2.10. The van der Waals surface area contributed by atoms with Crippen molar-refractivity contribution in [1.82, 2.24) is 4.98 Å². The first-order valence-corrected chi connectivity index (χ1v) is 5.92. The number of halogens is 3. The van der Waals surface area contributed by atoms with Crippen molar-refractivity contribution in [3.8, 4) is 11.6 Å². The van der Waals surface area contributed by atoms with Crippen LogP contribution < -0.4 is 10.5 Å². The monoisotopic (exact) mass is 282 g/mol. The summed E-state index contributed by atoms with van der Waals surface area (Å²) in [5.41, 5.74) is 5.92. The third-order valence-corrected chi connectivity index (χ3v) is 2.68. The maximum Gasteiger partial charge on any atom is 0.433 e. The maximum absolute atomic E-state index is 12.6. The summed E-state index contributed by atoms with van der Waals surface area (Å²) >= 11 is 0. The summed E-state index contributed by atoms with van der Waals surface area (Å²) in [6.07, 6.45) is -4.52. The van der Waals surface area contributed by atoms with Crippen molar-refractivity contribution in [2.45, 2.75) is 19.6 Å². The van der Waals surface area contributed by atoms with Gasteiger partial charge in [0.25, 0.3) is 0 Å². The molecule has 0 aliphatic carbocycles. The average Bonchev–Trinajstić information content (AvgIpc) is 2.40. The van der Waals surface area contributed by atoms with Crippen LogP contribution in [0.15, 0.2) is 36.4 Å². The first-order valence-electron chi connectivity index (χ1n) is 5.92. The lowest BCUT2D eigenvalue weighted by atomic mass is 10.2. The second kappa shape index (κ2) is 5.50. The molecule has 6 heteroatoms. The molecule has 0 unspecified atom stereocenters. The summed E-state index contributed by atoms with van der Waals surface area (Å²) < 4.78 is 43.3. The predicted octanol–water partition coefficient (Wildman–Crippen LogP) is 3.66. The topological polar surface area (TPSA) is 48.1 Å². The van der Waals surface area contributed by atoms with Gasteiger partial charge in [0.1, 0.15) is 11.4 Å². The van der Waals surface area contributed by atoms with Crippen LogP contribution in [0.1, 0.15) is 16.8 Å². The predicted molar refractivity (Wildman–Crippen MR) is 68.4 cm³/mol. The normalized spacial score (nSPS) is 11.4. The number of rotatable bonds is 3. The van der Waals surface area contributed by atoms with Crippen LogP contribution in [0.2, 0.25) is 0 Å². The molecule has 0 aliphatic rings. The number of nitrogens with two attached hydrogens (primary N) is 1. The molecular weight excluding hydrogens is 269 g/mol. The molecule has 106 valence electrons. The fourth-order valence-corrected chi connectivity index (χ4v) is 1.59. The number of hydrogen-bond acceptors (Lipinski definition) is 3. The van der Waals surface area contributed by atoms with Gasteiger partial charge in [-0.1, -0.05) is 23.8 Å². The number of alkyl halides is 3. The average molecular weight is 282 g/mol. The molecule has 0 spiro atoms. The van der Waals surface area contributed by atoms with Gasteiger partial charge in [0.05, 0.1) is 0 Å². The first kappa shape index (κ1) is 14.3. The smallest absolute Gasteiger partial charge is 0.433 e. The van der Waals surface area contributed by atoms with Gasteiger partial charge in [-0.25, -0.2) is 4.98 Å². The van der Waals surface area contributed by atoms with Gasteiger partial charge in [0.15, 0.2) is 0 Å². The summed E-state index contributed by atoms with van der Waals surface area (Å²) in [6, 6.07) is 9.09. The number of pyridine rings is 1. The highest BCUT2D eigenvalue weighted by Gasteiger charge is 2.33. The van der Waals surface area contributed by atoms with Gasteiger partial charge >= 0.3 is 6.18 Å². The Kier molecular flexibility index (Phi) is 3.94. The largest absolute Gasteiger partial charge is 0.439 e. The molecule has 0 aliphatic heterocycles. The molecule has 0 saturated heterocycles. The zero-order valence-electron chi connectivity index (χ0n) is 10.7. The van der Waals surface area contributed by atoms with E-state index in [1.807, 2.05) is 6.92 Å². The molecule has 1 aromatic carbocycles. The van der Waals surface area contributed by atoms with Crippen molar-refractivity contribution >= 4 is 0 Å². The van der Waals surface area contributed by atoms with Crippen molar-refractivity contribution in [3.63, 3.8) is 0 Å². The highest BCUT2D eigenvalue weighted by molar-refractivity contribution is 5.35. The van der Waals surface area contributed by atoms with Crippen LogP contribution in [-0.2, 0) is 12.7 Å². The van der Waals surface area contributed by atoms with Gasteiger partial charge in [-0.15, -0.1) is 0 Å². The number of nitrogens with zero attached hydrogens (tertiary/aromatic N) is 1. The molecular formula is C14H13F3N2O. The number of aromatic nitrogens is 1. The number of aryl methyl sites for hydroxylation is 1. The highest BCUT2D eigenvalue weighted by atomic mass is 19.4. The number of hydrogen-bond donors (Lipinski definition) is 1. The van der Waals surface area contributed by atoms with E-state index in [1.54, 1.807) is 24.3 Å². The molecule has 0 amide bonds.